The first-order chi connectivity index (χ1) is 12.2. The molecule has 1 atom stereocenters. The third kappa shape index (κ3) is 2.65. The van der Waals surface area contributed by atoms with Crippen molar-refractivity contribution in [3.8, 4) is 11.4 Å². The highest BCUT2D eigenvalue weighted by Gasteiger charge is 2.32. The summed E-state index contributed by atoms with van der Waals surface area (Å²) in [7, 11) is 1.60. The maximum atomic E-state index is 14.2. The van der Waals surface area contributed by atoms with Crippen LogP contribution in [0.4, 0.5) is 10.2 Å². The van der Waals surface area contributed by atoms with E-state index in [0.717, 1.165) is 11.4 Å². The van der Waals surface area contributed by atoms with Gasteiger partial charge in [-0.2, -0.15) is 0 Å². The summed E-state index contributed by atoms with van der Waals surface area (Å²) in [6.07, 6.45) is 1.82. The minimum atomic E-state index is -0.399. The van der Waals surface area contributed by atoms with Crippen molar-refractivity contribution < 1.29 is 13.9 Å². The van der Waals surface area contributed by atoms with Crippen LogP contribution in [0.2, 0.25) is 0 Å². The van der Waals surface area contributed by atoms with E-state index in [0.29, 0.717) is 17.1 Å². The number of fused-ring (bicyclic) bond motifs is 1. The van der Waals surface area contributed by atoms with Crippen LogP contribution in [0.25, 0.3) is 5.69 Å². The summed E-state index contributed by atoms with van der Waals surface area (Å²) in [5.74, 6) is 0.438. The molecule has 1 aromatic heterocycles. The molecule has 0 bridgehead atoms. The van der Waals surface area contributed by atoms with Gasteiger partial charge >= 0.3 is 0 Å². The topological polar surface area (TPSA) is 56.1 Å². The summed E-state index contributed by atoms with van der Waals surface area (Å²) in [6.45, 7) is 0. The number of nitrogens with zero attached hydrogens (tertiary/aromatic N) is 2. The Hall–Kier alpha value is -3.15. The van der Waals surface area contributed by atoms with Crippen LogP contribution in [-0.2, 0) is 4.79 Å². The molecule has 2 aromatic carbocycles. The predicted octanol–water partition coefficient (Wildman–Crippen LogP) is 3.49. The Kier molecular flexibility index (Phi) is 3.72. The number of anilines is 1. The largest absolute Gasteiger partial charge is 0.497 e. The summed E-state index contributed by atoms with van der Waals surface area (Å²) in [5, 5.41) is 2.86. The van der Waals surface area contributed by atoms with Crippen LogP contribution in [0.15, 0.2) is 54.9 Å². The number of ether oxygens (including phenoxy) is 1. The highest BCUT2D eigenvalue weighted by molar-refractivity contribution is 5.94. The fourth-order valence-electron chi connectivity index (χ4n) is 3.16. The zero-order chi connectivity index (χ0) is 17.4. The van der Waals surface area contributed by atoms with Crippen LogP contribution in [0.1, 0.15) is 23.6 Å². The number of hydrogen-bond donors (Lipinski definition) is 1. The van der Waals surface area contributed by atoms with Gasteiger partial charge in [0, 0.05) is 18.0 Å². The maximum Gasteiger partial charge on any atom is 0.226 e. The molecule has 4 rings (SSSR count). The first kappa shape index (κ1) is 15.4. The number of carbonyl (C=O) groups is 1. The minimum absolute atomic E-state index is 0.156. The molecule has 5 nitrogen and oxygen atoms in total. The van der Waals surface area contributed by atoms with Crippen LogP contribution < -0.4 is 10.1 Å². The van der Waals surface area contributed by atoms with Crippen molar-refractivity contribution in [2.24, 2.45) is 0 Å². The fraction of sp³-hybridized carbons (Fsp3) is 0.158. The third-order valence-corrected chi connectivity index (χ3v) is 4.40. The molecule has 1 N–H and O–H groups in total. The molecule has 0 radical (unpaired) electrons. The van der Waals surface area contributed by atoms with E-state index in [1.54, 1.807) is 36.2 Å². The summed E-state index contributed by atoms with van der Waals surface area (Å²) < 4.78 is 21.2. The second-order valence-corrected chi connectivity index (χ2v) is 5.87. The molecule has 1 aliphatic heterocycles. The Morgan fingerprint density at radius 3 is 2.68 bits per heavy atom. The van der Waals surface area contributed by atoms with Gasteiger partial charge in [0.1, 0.15) is 23.7 Å². The number of nitrogens with one attached hydrogen (secondary N) is 1. The van der Waals surface area contributed by atoms with Crippen molar-refractivity contribution in [2.75, 3.05) is 12.4 Å². The van der Waals surface area contributed by atoms with Gasteiger partial charge in [0.25, 0.3) is 0 Å². The summed E-state index contributed by atoms with van der Waals surface area (Å²) >= 11 is 0. The van der Waals surface area contributed by atoms with Crippen molar-refractivity contribution in [3.05, 3.63) is 71.9 Å². The second-order valence-electron chi connectivity index (χ2n) is 5.87. The molecule has 6 heteroatoms. The van der Waals surface area contributed by atoms with Gasteiger partial charge in [0.2, 0.25) is 5.91 Å². The number of methoxy groups -OCH3 is 1. The number of amides is 1. The highest BCUT2D eigenvalue weighted by atomic mass is 19.1. The number of aromatic nitrogens is 2. The Bertz CT molecular complexity index is 934. The van der Waals surface area contributed by atoms with E-state index in [4.69, 9.17) is 4.74 Å². The molecule has 0 saturated heterocycles. The van der Waals surface area contributed by atoms with E-state index < -0.39 is 5.92 Å². The van der Waals surface area contributed by atoms with Gasteiger partial charge < -0.3 is 10.1 Å². The fourth-order valence-corrected chi connectivity index (χ4v) is 3.16. The number of halogens is 1. The maximum absolute atomic E-state index is 14.2. The molecule has 3 aromatic rings. The Morgan fingerprint density at radius 1 is 1.20 bits per heavy atom. The van der Waals surface area contributed by atoms with E-state index in [2.05, 4.69) is 10.3 Å². The van der Waals surface area contributed by atoms with E-state index >= 15 is 0 Å². The van der Waals surface area contributed by atoms with Gasteiger partial charge in [-0.1, -0.05) is 18.2 Å². The second kappa shape index (κ2) is 6.05. The van der Waals surface area contributed by atoms with Gasteiger partial charge in [-0.3, -0.25) is 9.36 Å². The Morgan fingerprint density at radius 2 is 1.96 bits per heavy atom. The molecule has 25 heavy (non-hydrogen) atoms. The quantitative estimate of drug-likeness (QED) is 0.796. The lowest BCUT2D eigenvalue weighted by Crippen LogP contribution is -2.25. The first-order valence-electron chi connectivity index (χ1n) is 7.93. The Balaban J connectivity index is 1.80. The highest BCUT2D eigenvalue weighted by Crippen LogP contribution is 2.38. The van der Waals surface area contributed by atoms with Crippen molar-refractivity contribution in [3.63, 3.8) is 0 Å². The predicted molar refractivity (Wildman–Crippen MR) is 91.6 cm³/mol. The van der Waals surface area contributed by atoms with Crippen molar-refractivity contribution in [1.29, 1.82) is 0 Å². The number of rotatable bonds is 3. The molecule has 0 aliphatic carbocycles. The van der Waals surface area contributed by atoms with Crippen molar-refractivity contribution >= 4 is 11.7 Å². The monoisotopic (exact) mass is 337 g/mol. The van der Waals surface area contributed by atoms with E-state index in [9.17, 15) is 9.18 Å². The van der Waals surface area contributed by atoms with Crippen LogP contribution in [0.5, 0.6) is 5.75 Å². The molecule has 0 fully saturated rings. The number of imidazole rings is 1. The van der Waals surface area contributed by atoms with Gasteiger partial charge in [0.15, 0.2) is 0 Å². The summed E-state index contributed by atoms with van der Waals surface area (Å²) in [6, 6.07) is 13.9. The van der Waals surface area contributed by atoms with E-state index in [1.165, 1.54) is 6.07 Å². The molecular weight excluding hydrogens is 321 g/mol. The zero-order valence-corrected chi connectivity index (χ0v) is 13.6. The van der Waals surface area contributed by atoms with Gasteiger partial charge in [-0.05, 0) is 35.9 Å². The summed E-state index contributed by atoms with van der Waals surface area (Å²) in [4.78, 5) is 16.7. The lowest BCUT2D eigenvalue weighted by atomic mass is 9.89. The van der Waals surface area contributed by atoms with Gasteiger partial charge in [-0.15, -0.1) is 0 Å². The van der Waals surface area contributed by atoms with Crippen LogP contribution >= 0.6 is 0 Å². The number of carbonyl (C=O) groups excluding carboxylic acids is 1. The number of benzene rings is 2. The van der Waals surface area contributed by atoms with E-state index in [-0.39, 0.29) is 18.1 Å². The van der Waals surface area contributed by atoms with Crippen molar-refractivity contribution in [1.82, 2.24) is 9.55 Å². The lowest BCUT2D eigenvalue weighted by molar-refractivity contribution is -0.116. The average molecular weight is 337 g/mol. The molecule has 0 unspecified atom stereocenters. The first-order valence-corrected chi connectivity index (χ1v) is 7.93. The summed E-state index contributed by atoms with van der Waals surface area (Å²) in [5.41, 5.74) is 1.99. The normalized spacial score (nSPS) is 16.2. The standard InChI is InChI=1S/C19H16FN3O2/c1-25-13-8-6-12(7-9-13)23-11-21-18-15(10-17(24)22-19(18)23)14-4-2-3-5-16(14)20/h2-9,11,15H,10H2,1H3,(H,22,24)/t15-/m0/s1. The third-order valence-electron chi connectivity index (χ3n) is 4.40. The minimum Gasteiger partial charge on any atom is -0.497 e. The van der Waals surface area contributed by atoms with Crippen LogP contribution in [0.3, 0.4) is 0 Å². The van der Waals surface area contributed by atoms with Crippen LogP contribution in [0, 0.1) is 5.82 Å². The lowest BCUT2D eigenvalue weighted by Gasteiger charge is -2.23. The van der Waals surface area contributed by atoms with Crippen LogP contribution in [-0.4, -0.2) is 22.6 Å². The van der Waals surface area contributed by atoms with Gasteiger partial charge in [-0.25, -0.2) is 9.37 Å². The average Bonchev–Trinajstić information content (AvgIpc) is 3.05. The Labute approximate surface area is 144 Å². The molecule has 2 heterocycles. The SMILES string of the molecule is COc1ccc(-n2cnc3c2NC(=O)C[C@H]3c2ccccc2F)cc1. The van der Waals surface area contributed by atoms with Crippen molar-refractivity contribution in [2.45, 2.75) is 12.3 Å². The number of hydrogen-bond acceptors (Lipinski definition) is 3. The molecule has 0 spiro atoms. The smallest absolute Gasteiger partial charge is 0.226 e. The molecule has 1 aliphatic rings. The molecule has 126 valence electrons. The molecule has 0 saturated carbocycles. The zero-order valence-electron chi connectivity index (χ0n) is 13.6. The van der Waals surface area contributed by atoms with Gasteiger partial charge in [0.05, 0.1) is 12.8 Å². The molecular formula is C19H16FN3O2. The molecule has 1 amide bonds. The van der Waals surface area contributed by atoms with E-state index in [1.807, 2.05) is 24.3 Å².